The monoisotopic (exact) mass is 158 g/mol. The van der Waals surface area contributed by atoms with Gasteiger partial charge >= 0.3 is 0 Å². The molecule has 3 heteroatoms. The van der Waals surface area contributed by atoms with Crippen LogP contribution in [0.3, 0.4) is 0 Å². The summed E-state index contributed by atoms with van der Waals surface area (Å²) >= 11 is 0. The van der Waals surface area contributed by atoms with E-state index in [-0.39, 0.29) is 12.5 Å². The molecule has 0 rings (SSSR count). The number of aliphatic hydroxyl groups is 1. The summed E-state index contributed by atoms with van der Waals surface area (Å²) in [5.41, 5.74) is 0. The summed E-state index contributed by atoms with van der Waals surface area (Å²) in [6, 6.07) is 0. The molecule has 2 N–H and O–H groups in total. The van der Waals surface area contributed by atoms with Crippen molar-refractivity contribution in [3.63, 3.8) is 0 Å². The van der Waals surface area contributed by atoms with E-state index in [1.807, 2.05) is 13.8 Å². The van der Waals surface area contributed by atoms with Gasteiger partial charge in [0.15, 0.2) is 0 Å². The molecule has 0 aromatic carbocycles. The van der Waals surface area contributed by atoms with E-state index in [2.05, 4.69) is 5.32 Å². The number of carbonyl (C=O) groups is 1. The fraction of sp³-hybridized carbons (Fsp3) is 0.750. The SMILES string of the molecule is CC[C@@H](C)[CH]C(=O)NCCO. The first kappa shape index (κ1) is 10.4. The number of amides is 1. The fourth-order valence-corrected chi connectivity index (χ4v) is 0.614. The molecule has 0 bridgehead atoms. The van der Waals surface area contributed by atoms with E-state index in [1.54, 1.807) is 6.42 Å². The van der Waals surface area contributed by atoms with Crippen LogP contribution in [0, 0.1) is 12.3 Å². The van der Waals surface area contributed by atoms with Crippen molar-refractivity contribution in [2.75, 3.05) is 13.2 Å². The van der Waals surface area contributed by atoms with Crippen LogP contribution in [0.25, 0.3) is 0 Å². The Morgan fingerprint density at radius 3 is 2.82 bits per heavy atom. The Hall–Kier alpha value is -0.570. The lowest BCUT2D eigenvalue weighted by Crippen LogP contribution is -2.28. The van der Waals surface area contributed by atoms with Crippen LogP contribution >= 0.6 is 0 Å². The van der Waals surface area contributed by atoms with Crippen LogP contribution in [0.2, 0.25) is 0 Å². The first-order chi connectivity index (χ1) is 5.20. The van der Waals surface area contributed by atoms with Gasteiger partial charge in [-0.15, -0.1) is 0 Å². The minimum atomic E-state index is -0.0894. The molecule has 0 spiro atoms. The minimum Gasteiger partial charge on any atom is -0.395 e. The lowest BCUT2D eigenvalue weighted by atomic mass is 10.1. The third-order valence-corrected chi connectivity index (χ3v) is 1.49. The molecular weight excluding hydrogens is 142 g/mol. The van der Waals surface area contributed by atoms with E-state index >= 15 is 0 Å². The molecule has 1 amide bonds. The molecule has 0 aromatic heterocycles. The van der Waals surface area contributed by atoms with Gasteiger partial charge in [0.05, 0.1) is 13.0 Å². The summed E-state index contributed by atoms with van der Waals surface area (Å²) in [5.74, 6) is 0.224. The highest BCUT2D eigenvalue weighted by molar-refractivity contribution is 5.84. The summed E-state index contributed by atoms with van der Waals surface area (Å²) in [5, 5.41) is 10.9. The molecule has 0 fully saturated rings. The molecule has 0 saturated carbocycles. The Bertz CT molecular complexity index is 115. The molecule has 1 radical (unpaired) electrons. The summed E-state index contributed by atoms with van der Waals surface area (Å²) in [4.78, 5) is 10.9. The predicted octanol–water partition coefficient (Wildman–Crippen LogP) is 0.345. The van der Waals surface area contributed by atoms with Gasteiger partial charge in [0.2, 0.25) is 5.91 Å². The van der Waals surface area contributed by atoms with Crippen molar-refractivity contribution in [2.45, 2.75) is 20.3 Å². The number of hydrogen-bond acceptors (Lipinski definition) is 2. The van der Waals surface area contributed by atoms with E-state index < -0.39 is 0 Å². The molecule has 0 aliphatic rings. The number of aliphatic hydroxyl groups excluding tert-OH is 1. The zero-order chi connectivity index (χ0) is 8.69. The smallest absolute Gasteiger partial charge is 0.224 e. The number of carbonyl (C=O) groups excluding carboxylic acids is 1. The Morgan fingerprint density at radius 1 is 1.73 bits per heavy atom. The average Bonchev–Trinajstić information content (AvgIpc) is 2.00. The van der Waals surface area contributed by atoms with Crippen LogP contribution in [0.1, 0.15) is 20.3 Å². The maximum Gasteiger partial charge on any atom is 0.224 e. The van der Waals surface area contributed by atoms with Crippen LogP contribution in [-0.4, -0.2) is 24.2 Å². The van der Waals surface area contributed by atoms with Crippen LogP contribution < -0.4 is 5.32 Å². The van der Waals surface area contributed by atoms with Gasteiger partial charge in [-0.25, -0.2) is 0 Å². The predicted molar refractivity (Wildman–Crippen MR) is 43.9 cm³/mol. The summed E-state index contributed by atoms with van der Waals surface area (Å²) in [6.45, 7) is 4.35. The van der Waals surface area contributed by atoms with E-state index in [0.29, 0.717) is 12.5 Å². The molecule has 3 nitrogen and oxygen atoms in total. The van der Waals surface area contributed by atoms with Crippen molar-refractivity contribution in [1.29, 1.82) is 0 Å². The molecular formula is C8H16NO2. The second kappa shape index (κ2) is 6.16. The standard InChI is InChI=1S/C8H16NO2/c1-3-7(2)6-8(11)9-4-5-10/h6-7,10H,3-5H2,1-2H3,(H,9,11)/t7-/m1/s1. The normalized spacial score (nSPS) is 12.6. The molecule has 0 aromatic rings. The average molecular weight is 158 g/mol. The number of nitrogens with one attached hydrogen (secondary N) is 1. The molecule has 0 aliphatic heterocycles. The summed E-state index contributed by atoms with van der Waals surface area (Å²) in [6.07, 6.45) is 2.60. The first-order valence-electron chi connectivity index (χ1n) is 3.94. The van der Waals surface area contributed by atoms with E-state index in [0.717, 1.165) is 6.42 Å². The fourth-order valence-electron chi connectivity index (χ4n) is 0.614. The zero-order valence-electron chi connectivity index (χ0n) is 7.13. The zero-order valence-corrected chi connectivity index (χ0v) is 7.13. The summed E-state index contributed by atoms with van der Waals surface area (Å²) in [7, 11) is 0. The largest absolute Gasteiger partial charge is 0.395 e. The first-order valence-corrected chi connectivity index (χ1v) is 3.94. The molecule has 0 heterocycles. The van der Waals surface area contributed by atoms with Crippen LogP contribution in [0.5, 0.6) is 0 Å². The van der Waals surface area contributed by atoms with Gasteiger partial charge in [0.25, 0.3) is 0 Å². The third kappa shape index (κ3) is 5.85. The van der Waals surface area contributed by atoms with Crippen molar-refractivity contribution < 1.29 is 9.90 Å². The Kier molecular flexibility index (Phi) is 5.84. The highest BCUT2D eigenvalue weighted by Crippen LogP contribution is 2.03. The Morgan fingerprint density at radius 2 is 2.36 bits per heavy atom. The van der Waals surface area contributed by atoms with Crippen molar-refractivity contribution in [3.05, 3.63) is 6.42 Å². The van der Waals surface area contributed by atoms with Crippen LogP contribution in [-0.2, 0) is 4.79 Å². The van der Waals surface area contributed by atoms with E-state index in [4.69, 9.17) is 5.11 Å². The highest BCUT2D eigenvalue weighted by atomic mass is 16.3. The minimum absolute atomic E-state index is 0.0000853. The molecule has 0 unspecified atom stereocenters. The summed E-state index contributed by atoms with van der Waals surface area (Å²) < 4.78 is 0. The van der Waals surface area contributed by atoms with Crippen molar-refractivity contribution in [1.82, 2.24) is 5.32 Å². The topological polar surface area (TPSA) is 49.3 Å². The van der Waals surface area contributed by atoms with Gasteiger partial charge in [0, 0.05) is 6.54 Å². The van der Waals surface area contributed by atoms with Crippen molar-refractivity contribution >= 4 is 5.91 Å². The molecule has 1 atom stereocenters. The van der Waals surface area contributed by atoms with Gasteiger partial charge < -0.3 is 10.4 Å². The quantitative estimate of drug-likeness (QED) is 0.606. The maximum atomic E-state index is 10.9. The van der Waals surface area contributed by atoms with Gasteiger partial charge in [-0.1, -0.05) is 20.3 Å². The Balaban J connectivity index is 3.36. The molecule has 11 heavy (non-hydrogen) atoms. The highest BCUT2D eigenvalue weighted by Gasteiger charge is 2.05. The van der Waals surface area contributed by atoms with Gasteiger partial charge in [-0.2, -0.15) is 0 Å². The maximum absolute atomic E-state index is 10.9. The van der Waals surface area contributed by atoms with Crippen molar-refractivity contribution in [2.24, 2.45) is 5.92 Å². The van der Waals surface area contributed by atoms with Gasteiger partial charge in [-0.05, 0) is 5.92 Å². The van der Waals surface area contributed by atoms with E-state index in [9.17, 15) is 4.79 Å². The molecule has 0 saturated heterocycles. The van der Waals surface area contributed by atoms with Gasteiger partial charge in [0.1, 0.15) is 0 Å². The van der Waals surface area contributed by atoms with Crippen LogP contribution in [0.15, 0.2) is 0 Å². The second-order valence-corrected chi connectivity index (χ2v) is 2.57. The van der Waals surface area contributed by atoms with Gasteiger partial charge in [-0.3, -0.25) is 4.79 Å². The number of rotatable bonds is 5. The number of hydrogen-bond donors (Lipinski definition) is 2. The van der Waals surface area contributed by atoms with Crippen molar-refractivity contribution in [3.8, 4) is 0 Å². The third-order valence-electron chi connectivity index (χ3n) is 1.49. The lowest BCUT2D eigenvalue weighted by Gasteiger charge is -2.06. The lowest BCUT2D eigenvalue weighted by molar-refractivity contribution is -0.118. The van der Waals surface area contributed by atoms with Crippen LogP contribution in [0.4, 0.5) is 0 Å². The van der Waals surface area contributed by atoms with E-state index in [1.165, 1.54) is 0 Å². The molecule has 0 aliphatic carbocycles. The molecule has 65 valence electrons. The Labute approximate surface area is 67.8 Å². The second-order valence-electron chi connectivity index (χ2n) is 2.57.